The third kappa shape index (κ3) is 4.84. The minimum absolute atomic E-state index is 0.531. The average Bonchev–Trinajstić information content (AvgIpc) is 2.66. The third-order valence-electron chi connectivity index (χ3n) is 3.73. The summed E-state index contributed by atoms with van der Waals surface area (Å²) in [5.41, 5.74) is 0.911. The Morgan fingerprint density at radius 3 is 2.40 bits per heavy atom. The van der Waals surface area contributed by atoms with Crippen molar-refractivity contribution in [1.29, 1.82) is 0 Å². The molecule has 0 radical (unpaired) electrons. The number of benzene rings is 3. The van der Waals surface area contributed by atoms with Crippen LogP contribution in [-0.2, 0) is 0 Å². The lowest BCUT2D eigenvalue weighted by molar-refractivity contribution is 0.323. The highest BCUT2D eigenvalue weighted by molar-refractivity contribution is 7.80. The van der Waals surface area contributed by atoms with E-state index in [-0.39, 0.29) is 0 Å². The molecule has 0 spiro atoms. The Labute approximate surface area is 152 Å². The lowest BCUT2D eigenvalue weighted by Crippen LogP contribution is -2.31. The Morgan fingerprint density at radius 1 is 0.920 bits per heavy atom. The average molecular weight is 352 g/mol. The van der Waals surface area contributed by atoms with Crippen LogP contribution in [0, 0.1) is 0 Å². The number of hydrogen-bond donors (Lipinski definition) is 2. The van der Waals surface area contributed by atoms with Crippen molar-refractivity contribution in [2.75, 3.05) is 25.6 Å². The molecule has 0 saturated heterocycles. The molecule has 0 amide bonds. The predicted octanol–water partition coefficient (Wildman–Crippen LogP) is 4.21. The van der Waals surface area contributed by atoms with Crippen LogP contribution in [-0.4, -0.2) is 25.4 Å². The fraction of sp³-hybridized carbons (Fsp3) is 0.150. The van der Waals surface area contributed by atoms with Gasteiger partial charge in [0, 0.05) is 5.69 Å². The second-order valence-corrected chi connectivity index (χ2v) is 5.88. The molecule has 0 atom stereocenters. The van der Waals surface area contributed by atoms with Gasteiger partial charge in [-0.2, -0.15) is 0 Å². The van der Waals surface area contributed by atoms with Gasteiger partial charge in [0.05, 0.1) is 13.7 Å². The lowest BCUT2D eigenvalue weighted by Gasteiger charge is -2.12. The largest absolute Gasteiger partial charge is 0.497 e. The molecule has 0 aliphatic heterocycles. The fourth-order valence-corrected chi connectivity index (χ4v) is 2.66. The van der Waals surface area contributed by atoms with E-state index < -0.39 is 0 Å². The van der Waals surface area contributed by atoms with E-state index in [9.17, 15) is 0 Å². The summed E-state index contributed by atoms with van der Waals surface area (Å²) in [6.07, 6.45) is 0. The topological polar surface area (TPSA) is 42.5 Å². The summed E-state index contributed by atoms with van der Waals surface area (Å²) in [4.78, 5) is 0. The van der Waals surface area contributed by atoms with E-state index >= 15 is 0 Å². The first kappa shape index (κ1) is 17.0. The molecule has 4 nitrogen and oxygen atoms in total. The molecule has 0 unspecified atom stereocenters. The molecule has 0 heterocycles. The zero-order valence-electron chi connectivity index (χ0n) is 14.0. The Kier molecular flexibility index (Phi) is 5.69. The number of ether oxygens (including phenoxy) is 2. The smallest absolute Gasteiger partial charge is 0.170 e. The molecule has 0 aliphatic carbocycles. The lowest BCUT2D eigenvalue weighted by atomic mass is 10.1. The molecule has 0 aliphatic rings. The third-order valence-corrected chi connectivity index (χ3v) is 3.97. The maximum atomic E-state index is 5.78. The van der Waals surface area contributed by atoms with Gasteiger partial charge >= 0.3 is 0 Å². The number of fused-ring (bicyclic) bond motifs is 1. The van der Waals surface area contributed by atoms with Crippen LogP contribution < -0.4 is 20.1 Å². The van der Waals surface area contributed by atoms with Crippen molar-refractivity contribution < 1.29 is 9.47 Å². The van der Waals surface area contributed by atoms with Crippen molar-refractivity contribution in [3.8, 4) is 11.5 Å². The number of methoxy groups -OCH3 is 1. The first-order valence-electron chi connectivity index (χ1n) is 8.05. The maximum Gasteiger partial charge on any atom is 0.170 e. The molecule has 0 bridgehead atoms. The van der Waals surface area contributed by atoms with Crippen LogP contribution in [0.4, 0.5) is 5.69 Å². The van der Waals surface area contributed by atoms with Crippen LogP contribution in [0.5, 0.6) is 11.5 Å². The molecule has 3 aromatic carbocycles. The van der Waals surface area contributed by atoms with E-state index in [1.807, 2.05) is 48.5 Å². The van der Waals surface area contributed by atoms with Gasteiger partial charge in [-0.3, -0.25) is 0 Å². The predicted molar refractivity (Wildman–Crippen MR) is 107 cm³/mol. The Hall–Kier alpha value is -2.79. The molecule has 3 rings (SSSR count). The number of rotatable bonds is 6. The monoisotopic (exact) mass is 352 g/mol. The van der Waals surface area contributed by atoms with E-state index in [1.54, 1.807) is 7.11 Å². The molecule has 5 heteroatoms. The van der Waals surface area contributed by atoms with Crippen molar-refractivity contribution in [2.45, 2.75) is 0 Å². The van der Waals surface area contributed by atoms with Gasteiger partial charge in [-0.15, -0.1) is 0 Å². The summed E-state index contributed by atoms with van der Waals surface area (Å²) in [5.74, 6) is 1.67. The SMILES string of the molecule is COc1ccc(NC(=S)NCCOc2ccc3ccccc3c2)cc1. The highest BCUT2D eigenvalue weighted by atomic mass is 32.1. The minimum Gasteiger partial charge on any atom is -0.497 e. The van der Waals surface area contributed by atoms with Crippen LogP contribution >= 0.6 is 12.2 Å². The molecular formula is C20H20N2O2S. The summed E-state index contributed by atoms with van der Waals surface area (Å²) < 4.78 is 10.9. The number of nitrogens with one attached hydrogen (secondary N) is 2. The van der Waals surface area contributed by atoms with E-state index in [4.69, 9.17) is 21.7 Å². The van der Waals surface area contributed by atoms with E-state index in [0.717, 1.165) is 17.2 Å². The van der Waals surface area contributed by atoms with Crippen molar-refractivity contribution in [3.63, 3.8) is 0 Å². The molecule has 0 aromatic heterocycles. The second kappa shape index (κ2) is 8.35. The van der Waals surface area contributed by atoms with Gasteiger partial charge in [0.25, 0.3) is 0 Å². The van der Waals surface area contributed by atoms with Gasteiger partial charge in [0.1, 0.15) is 18.1 Å². The number of hydrogen-bond acceptors (Lipinski definition) is 3. The Bertz CT molecular complexity index is 850. The molecule has 0 saturated carbocycles. The highest BCUT2D eigenvalue weighted by Gasteiger charge is 2.00. The normalized spacial score (nSPS) is 10.3. The van der Waals surface area contributed by atoms with Crippen molar-refractivity contribution in [1.82, 2.24) is 5.32 Å². The zero-order valence-corrected chi connectivity index (χ0v) is 14.8. The molecule has 25 heavy (non-hydrogen) atoms. The second-order valence-electron chi connectivity index (χ2n) is 5.47. The summed E-state index contributed by atoms with van der Waals surface area (Å²) in [6, 6.07) is 21.9. The molecular weight excluding hydrogens is 332 g/mol. The summed E-state index contributed by atoms with van der Waals surface area (Å²) in [5, 5.41) is 9.20. The van der Waals surface area contributed by atoms with Gasteiger partial charge in [0.15, 0.2) is 5.11 Å². The van der Waals surface area contributed by atoms with Crippen molar-refractivity contribution in [2.24, 2.45) is 0 Å². The maximum absolute atomic E-state index is 5.78. The van der Waals surface area contributed by atoms with Crippen molar-refractivity contribution >= 4 is 33.8 Å². The number of thiocarbonyl (C=S) groups is 1. The van der Waals surface area contributed by atoms with Crippen LogP contribution in [0.1, 0.15) is 0 Å². The van der Waals surface area contributed by atoms with Gasteiger partial charge in [0.2, 0.25) is 0 Å². The molecule has 128 valence electrons. The van der Waals surface area contributed by atoms with Crippen LogP contribution in [0.3, 0.4) is 0 Å². The Balaban J connectivity index is 1.43. The molecule has 2 N–H and O–H groups in total. The highest BCUT2D eigenvalue weighted by Crippen LogP contribution is 2.20. The molecule has 0 fully saturated rings. The van der Waals surface area contributed by atoms with Crippen LogP contribution in [0.2, 0.25) is 0 Å². The van der Waals surface area contributed by atoms with Crippen molar-refractivity contribution in [3.05, 3.63) is 66.7 Å². The van der Waals surface area contributed by atoms with Gasteiger partial charge < -0.3 is 20.1 Å². The zero-order chi connectivity index (χ0) is 17.5. The van der Waals surface area contributed by atoms with Crippen LogP contribution in [0.15, 0.2) is 66.7 Å². The van der Waals surface area contributed by atoms with Crippen LogP contribution in [0.25, 0.3) is 10.8 Å². The molecule has 3 aromatic rings. The van der Waals surface area contributed by atoms with E-state index in [1.165, 1.54) is 10.8 Å². The first-order valence-corrected chi connectivity index (χ1v) is 8.46. The summed E-state index contributed by atoms with van der Waals surface area (Å²) >= 11 is 5.28. The van der Waals surface area contributed by atoms with E-state index in [0.29, 0.717) is 18.3 Å². The van der Waals surface area contributed by atoms with E-state index in [2.05, 4.69) is 28.8 Å². The van der Waals surface area contributed by atoms with Gasteiger partial charge in [-0.05, 0) is 59.4 Å². The summed E-state index contributed by atoms with van der Waals surface area (Å²) in [7, 11) is 1.64. The Morgan fingerprint density at radius 2 is 1.64 bits per heavy atom. The quantitative estimate of drug-likeness (QED) is 0.514. The number of anilines is 1. The van der Waals surface area contributed by atoms with Gasteiger partial charge in [-0.25, -0.2) is 0 Å². The fourth-order valence-electron chi connectivity index (χ4n) is 2.44. The van der Waals surface area contributed by atoms with Gasteiger partial charge in [-0.1, -0.05) is 30.3 Å². The first-order chi connectivity index (χ1) is 12.2. The summed E-state index contributed by atoms with van der Waals surface area (Å²) in [6.45, 7) is 1.15. The minimum atomic E-state index is 0.531. The standard InChI is InChI=1S/C20H20N2O2S/c1-23-18-10-7-17(8-11-18)22-20(25)21-12-13-24-19-9-6-15-4-2-3-5-16(15)14-19/h2-11,14H,12-13H2,1H3,(H2,21,22,25).